The van der Waals surface area contributed by atoms with Crippen molar-refractivity contribution in [2.75, 3.05) is 52.4 Å². The van der Waals surface area contributed by atoms with Crippen molar-refractivity contribution in [3.05, 3.63) is 60.2 Å². The number of nitrogens with zero attached hydrogens (tertiary/aromatic N) is 2. The summed E-state index contributed by atoms with van der Waals surface area (Å²) in [6, 6.07) is 17.0. The standard InChI is InChI=1S/C24H29N3O4/c1-2-26(16-20-18-30-21-10-6-7-11-22(21)31-20)23(28)17-25-12-14-27(15-13-25)24(29)19-8-4-3-5-9-19/h3-11,20H,2,12-18H2,1H3/p+1/t20-/m0/s1. The van der Waals surface area contributed by atoms with Gasteiger partial charge in [0.2, 0.25) is 0 Å². The summed E-state index contributed by atoms with van der Waals surface area (Å²) in [5.41, 5.74) is 0.718. The molecule has 7 heteroatoms. The third-order valence-corrected chi connectivity index (χ3v) is 5.91. The van der Waals surface area contributed by atoms with Crippen LogP contribution < -0.4 is 14.4 Å². The average Bonchev–Trinajstić information content (AvgIpc) is 2.83. The summed E-state index contributed by atoms with van der Waals surface area (Å²) in [6.45, 7) is 6.89. The van der Waals surface area contributed by atoms with E-state index in [9.17, 15) is 9.59 Å². The van der Waals surface area contributed by atoms with E-state index in [0.29, 0.717) is 39.3 Å². The van der Waals surface area contributed by atoms with Crippen molar-refractivity contribution in [1.29, 1.82) is 0 Å². The molecule has 2 amide bonds. The van der Waals surface area contributed by atoms with Crippen molar-refractivity contribution in [3.8, 4) is 11.5 Å². The third kappa shape index (κ3) is 5.17. The molecular formula is C24H30N3O4+. The first-order valence-corrected chi connectivity index (χ1v) is 11.0. The van der Waals surface area contributed by atoms with Gasteiger partial charge >= 0.3 is 0 Å². The largest absolute Gasteiger partial charge is 0.486 e. The van der Waals surface area contributed by atoms with Gasteiger partial charge in [-0.05, 0) is 31.2 Å². The molecule has 1 N–H and O–H groups in total. The average molecular weight is 425 g/mol. The van der Waals surface area contributed by atoms with Gasteiger partial charge in [0.1, 0.15) is 6.61 Å². The normalized spacial score (nSPS) is 18.5. The van der Waals surface area contributed by atoms with Crippen LogP contribution in [0.5, 0.6) is 11.5 Å². The van der Waals surface area contributed by atoms with E-state index in [1.807, 2.05) is 71.3 Å². The number of rotatable bonds is 6. The molecule has 7 nitrogen and oxygen atoms in total. The van der Waals surface area contributed by atoms with Gasteiger partial charge in [-0.25, -0.2) is 0 Å². The lowest BCUT2D eigenvalue weighted by atomic mass is 10.2. The molecule has 0 aliphatic carbocycles. The van der Waals surface area contributed by atoms with Crippen molar-refractivity contribution >= 4 is 11.8 Å². The molecule has 164 valence electrons. The Balaban J connectivity index is 1.25. The molecule has 0 spiro atoms. The predicted octanol–water partition coefficient (Wildman–Crippen LogP) is 0.716. The first-order valence-electron chi connectivity index (χ1n) is 11.0. The number of carbonyl (C=O) groups is 2. The van der Waals surface area contributed by atoms with Crippen LogP contribution in [0.3, 0.4) is 0 Å². The maximum Gasteiger partial charge on any atom is 0.277 e. The maximum absolute atomic E-state index is 12.9. The Morgan fingerprint density at radius 1 is 1.03 bits per heavy atom. The molecule has 1 fully saturated rings. The lowest BCUT2D eigenvalue weighted by Gasteiger charge is -2.34. The molecule has 31 heavy (non-hydrogen) atoms. The summed E-state index contributed by atoms with van der Waals surface area (Å²) in [5, 5.41) is 0. The molecule has 0 radical (unpaired) electrons. The lowest BCUT2D eigenvalue weighted by Crippen LogP contribution is -3.15. The lowest BCUT2D eigenvalue weighted by molar-refractivity contribution is -0.896. The fourth-order valence-electron chi connectivity index (χ4n) is 4.10. The highest BCUT2D eigenvalue weighted by molar-refractivity contribution is 5.94. The minimum Gasteiger partial charge on any atom is -0.486 e. The Labute approximate surface area is 183 Å². The van der Waals surface area contributed by atoms with Crippen LogP contribution in [0, 0.1) is 0 Å². The van der Waals surface area contributed by atoms with Gasteiger partial charge in [0, 0.05) is 12.1 Å². The number of hydrogen-bond acceptors (Lipinski definition) is 4. The first kappa shape index (κ1) is 21.2. The molecule has 0 bridgehead atoms. The van der Waals surface area contributed by atoms with E-state index in [-0.39, 0.29) is 17.9 Å². The minimum atomic E-state index is -0.172. The smallest absolute Gasteiger partial charge is 0.277 e. The van der Waals surface area contributed by atoms with Gasteiger partial charge in [0.15, 0.2) is 24.1 Å². The molecule has 2 aromatic carbocycles. The van der Waals surface area contributed by atoms with Gasteiger partial charge in [0.25, 0.3) is 11.8 Å². The van der Waals surface area contributed by atoms with Gasteiger partial charge in [-0.3, -0.25) is 9.59 Å². The first-order chi connectivity index (χ1) is 15.1. The Bertz CT molecular complexity index is 897. The second-order valence-electron chi connectivity index (χ2n) is 8.01. The number of benzene rings is 2. The molecule has 1 saturated heterocycles. The molecule has 2 aromatic rings. The van der Waals surface area contributed by atoms with Crippen molar-refractivity contribution in [3.63, 3.8) is 0 Å². The quantitative estimate of drug-likeness (QED) is 0.742. The Kier molecular flexibility index (Phi) is 6.72. The number of fused-ring (bicyclic) bond motifs is 1. The molecule has 2 heterocycles. The molecule has 0 saturated carbocycles. The third-order valence-electron chi connectivity index (χ3n) is 5.91. The van der Waals surface area contributed by atoms with Crippen LogP contribution in [0.4, 0.5) is 0 Å². The summed E-state index contributed by atoms with van der Waals surface area (Å²) >= 11 is 0. The number of carbonyl (C=O) groups excluding carboxylic acids is 2. The van der Waals surface area contributed by atoms with Gasteiger partial charge < -0.3 is 24.2 Å². The van der Waals surface area contributed by atoms with Crippen LogP contribution in [0.15, 0.2) is 54.6 Å². The Morgan fingerprint density at radius 2 is 1.71 bits per heavy atom. The summed E-state index contributed by atoms with van der Waals surface area (Å²) in [7, 11) is 0. The van der Waals surface area contributed by atoms with E-state index in [0.717, 1.165) is 30.2 Å². The predicted molar refractivity (Wildman–Crippen MR) is 117 cm³/mol. The summed E-state index contributed by atoms with van der Waals surface area (Å²) in [4.78, 5) is 30.5. The van der Waals surface area contributed by atoms with Crippen molar-refractivity contribution in [2.24, 2.45) is 0 Å². The van der Waals surface area contributed by atoms with E-state index in [2.05, 4.69) is 0 Å². The van der Waals surface area contributed by atoms with Gasteiger partial charge in [-0.1, -0.05) is 30.3 Å². The van der Waals surface area contributed by atoms with Gasteiger partial charge in [-0.15, -0.1) is 0 Å². The fraction of sp³-hybridized carbons (Fsp3) is 0.417. The number of para-hydroxylation sites is 2. The molecule has 4 rings (SSSR count). The highest BCUT2D eigenvalue weighted by Gasteiger charge is 2.29. The molecule has 0 unspecified atom stereocenters. The van der Waals surface area contributed by atoms with Crippen molar-refractivity contribution in [1.82, 2.24) is 9.80 Å². The van der Waals surface area contributed by atoms with Crippen LogP contribution in [0.25, 0.3) is 0 Å². The second-order valence-corrected chi connectivity index (χ2v) is 8.01. The van der Waals surface area contributed by atoms with Crippen LogP contribution in [0.1, 0.15) is 17.3 Å². The van der Waals surface area contributed by atoms with E-state index >= 15 is 0 Å². The number of nitrogens with one attached hydrogen (secondary N) is 1. The molecule has 1 atom stereocenters. The minimum absolute atomic E-state index is 0.0656. The number of hydrogen-bond donors (Lipinski definition) is 1. The summed E-state index contributed by atoms with van der Waals surface area (Å²) in [6.07, 6.45) is -0.172. The van der Waals surface area contributed by atoms with E-state index in [1.165, 1.54) is 4.90 Å². The molecule has 2 aliphatic rings. The molecular weight excluding hydrogens is 394 g/mol. The van der Waals surface area contributed by atoms with Gasteiger partial charge in [0.05, 0.1) is 32.7 Å². The number of piperazine rings is 1. The molecule has 2 aliphatic heterocycles. The zero-order valence-electron chi connectivity index (χ0n) is 18.0. The van der Waals surface area contributed by atoms with Gasteiger partial charge in [-0.2, -0.15) is 0 Å². The Hall–Kier alpha value is -3.06. The SMILES string of the molecule is CCN(C[C@H]1COc2ccccc2O1)C(=O)C[NH+]1CCN(C(=O)c2ccccc2)CC1. The monoisotopic (exact) mass is 424 g/mol. The zero-order valence-corrected chi connectivity index (χ0v) is 18.0. The second kappa shape index (κ2) is 9.83. The van der Waals surface area contributed by atoms with Crippen LogP contribution >= 0.6 is 0 Å². The topological polar surface area (TPSA) is 63.5 Å². The van der Waals surface area contributed by atoms with Crippen molar-refractivity contribution < 1.29 is 24.0 Å². The van der Waals surface area contributed by atoms with Crippen LogP contribution in [0.2, 0.25) is 0 Å². The van der Waals surface area contributed by atoms with E-state index < -0.39 is 0 Å². The maximum atomic E-state index is 12.9. The summed E-state index contributed by atoms with van der Waals surface area (Å²) < 4.78 is 11.8. The Morgan fingerprint density at radius 3 is 2.42 bits per heavy atom. The summed E-state index contributed by atoms with van der Waals surface area (Å²) in [5.74, 6) is 1.66. The highest BCUT2D eigenvalue weighted by Crippen LogP contribution is 2.30. The zero-order chi connectivity index (χ0) is 21.6. The van der Waals surface area contributed by atoms with Crippen LogP contribution in [-0.2, 0) is 4.79 Å². The van der Waals surface area contributed by atoms with Crippen LogP contribution in [-0.4, -0.2) is 80.1 Å². The van der Waals surface area contributed by atoms with E-state index in [4.69, 9.17) is 9.47 Å². The number of ether oxygens (including phenoxy) is 2. The van der Waals surface area contributed by atoms with E-state index in [1.54, 1.807) is 0 Å². The number of likely N-dealkylation sites (N-methyl/N-ethyl adjacent to an activating group) is 1. The molecule has 0 aromatic heterocycles. The van der Waals surface area contributed by atoms with Crippen molar-refractivity contribution in [2.45, 2.75) is 13.0 Å². The fourth-order valence-corrected chi connectivity index (χ4v) is 4.10. The number of amides is 2. The number of quaternary nitrogens is 1. The highest BCUT2D eigenvalue weighted by atomic mass is 16.6.